The van der Waals surface area contributed by atoms with Gasteiger partial charge in [-0.3, -0.25) is 4.68 Å². The van der Waals surface area contributed by atoms with Crippen LogP contribution in [0.5, 0.6) is 0 Å². The lowest BCUT2D eigenvalue weighted by atomic mass is 9.87. The Kier molecular flexibility index (Phi) is 5.48. The molecule has 5 heteroatoms. The van der Waals surface area contributed by atoms with Gasteiger partial charge in [0.1, 0.15) is 0 Å². The van der Waals surface area contributed by atoms with Gasteiger partial charge in [0, 0.05) is 32.4 Å². The van der Waals surface area contributed by atoms with Crippen LogP contribution in [0.3, 0.4) is 0 Å². The number of aromatic nitrogens is 2. The van der Waals surface area contributed by atoms with Crippen molar-refractivity contribution in [3.63, 3.8) is 0 Å². The highest BCUT2D eigenvalue weighted by atomic mass is 16.2. The molecule has 0 unspecified atom stereocenters. The van der Waals surface area contributed by atoms with Crippen molar-refractivity contribution in [1.29, 1.82) is 0 Å². The highest BCUT2D eigenvalue weighted by Gasteiger charge is 2.24. The van der Waals surface area contributed by atoms with Gasteiger partial charge in [-0.15, -0.1) is 0 Å². The first-order valence-electron chi connectivity index (χ1n) is 8.40. The fraction of sp³-hybridized carbons (Fsp3) is 0.765. The molecule has 1 aliphatic rings. The standard InChI is InChI=1S/C17H30N4O/c1-12-6-8-15(9-7-12)20(4)17(22)18-11-10-16-13(2)19-21(5)14(16)3/h12,15H,6-11H2,1-5H3,(H,18,22). The number of rotatable bonds is 4. The van der Waals surface area contributed by atoms with Crippen LogP contribution in [-0.2, 0) is 13.5 Å². The predicted octanol–water partition coefficient (Wildman–Crippen LogP) is 2.80. The molecule has 1 aliphatic carbocycles. The van der Waals surface area contributed by atoms with Crippen LogP contribution in [0.1, 0.15) is 49.6 Å². The maximum atomic E-state index is 12.3. The van der Waals surface area contributed by atoms with Crippen molar-refractivity contribution >= 4 is 6.03 Å². The number of nitrogens with one attached hydrogen (secondary N) is 1. The monoisotopic (exact) mass is 306 g/mol. The van der Waals surface area contributed by atoms with Crippen molar-refractivity contribution in [2.45, 2.75) is 58.9 Å². The number of carbonyl (C=O) groups excluding carboxylic acids is 1. The van der Waals surface area contributed by atoms with E-state index >= 15 is 0 Å². The third-order valence-corrected chi connectivity index (χ3v) is 5.16. The van der Waals surface area contributed by atoms with E-state index < -0.39 is 0 Å². The van der Waals surface area contributed by atoms with Crippen LogP contribution in [0.15, 0.2) is 0 Å². The van der Waals surface area contributed by atoms with E-state index in [1.54, 1.807) is 0 Å². The molecule has 124 valence electrons. The molecular formula is C17H30N4O. The number of hydrogen-bond acceptors (Lipinski definition) is 2. The molecule has 0 atom stereocenters. The number of nitrogens with zero attached hydrogens (tertiary/aromatic N) is 3. The summed E-state index contributed by atoms with van der Waals surface area (Å²) in [6.45, 7) is 7.07. The number of urea groups is 1. The summed E-state index contributed by atoms with van der Waals surface area (Å²) in [7, 11) is 3.89. The Bertz CT molecular complexity index is 515. The molecular weight excluding hydrogens is 276 g/mol. The second-order valence-electron chi connectivity index (χ2n) is 6.78. The van der Waals surface area contributed by atoms with Gasteiger partial charge in [0.15, 0.2) is 0 Å². The van der Waals surface area contributed by atoms with Gasteiger partial charge in [-0.2, -0.15) is 5.10 Å². The van der Waals surface area contributed by atoms with Gasteiger partial charge in [-0.1, -0.05) is 6.92 Å². The Balaban J connectivity index is 1.80. The molecule has 5 nitrogen and oxygen atoms in total. The molecule has 1 saturated carbocycles. The maximum Gasteiger partial charge on any atom is 0.317 e. The van der Waals surface area contributed by atoms with Crippen LogP contribution in [0.2, 0.25) is 0 Å². The molecule has 0 spiro atoms. The first kappa shape index (κ1) is 16.8. The number of hydrogen-bond donors (Lipinski definition) is 1. The number of aryl methyl sites for hydroxylation is 2. The van der Waals surface area contributed by atoms with Crippen LogP contribution in [0.25, 0.3) is 0 Å². The van der Waals surface area contributed by atoms with Gasteiger partial charge in [-0.25, -0.2) is 4.79 Å². The summed E-state index contributed by atoms with van der Waals surface area (Å²) in [4.78, 5) is 14.2. The molecule has 1 N–H and O–H groups in total. The van der Waals surface area contributed by atoms with Crippen molar-refractivity contribution in [3.05, 3.63) is 17.0 Å². The quantitative estimate of drug-likeness (QED) is 0.930. The molecule has 0 aromatic carbocycles. The second-order valence-corrected chi connectivity index (χ2v) is 6.78. The topological polar surface area (TPSA) is 50.2 Å². The Morgan fingerprint density at radius 3 is 2.50 bits per heavy atom. The fourth-order valence-corrected chi connectivity index (χ4v) is 3.39. The van der Waals surface area contributed by atoms with Crippen LogP contribution in [0, 0.1) is 19.8 Å². The van der Waals surface area contributed by atoms with E-state index in [0.29, 0.717) is 12.6 Å². The van der Waals surface area contributed by atoms with E-state index in [1.165, 1.54) is 24.1 Å². The third kappa shape index (κ3) is 3.81. The molecule has 1 fully saturated rings. The first-order chi connectivity index (χ1) is 10.4. The van der Waals surface area contributed by atoms with E-state index in [-0.39, 0.29) is 6.03 Å². The lowest BCUT2D eigenvalue weighted by molar-refractivity contribution is 0.164. The minimum absolute atomic E-state index is 0.0544. The SMILES string of the molecule is Cc1nn(C)c(C)c1CCNC(=O)N(C)C1CCC(C)CC1. The molecule has 0 radical (unpaired) electrons. The normalized spacial score (nSPS) is 21.7. The summed E-state index contributed by atoms with van der Waals surface area (Å²) < 4.78 is 1.90. The summed E-state index contributed by atoms with van der Waals surface area (Å²) >= 11 is 0. The van der Waals surface area contributed by atoms with Crippen molar-refractivity contribution in [2.75, 3.05) is 13.6 Å². The maximum absolute atomic E-state index is 12.3. The van der Waals surface area contributed by atoms with E-state index in [1.807, 2.05) is 30.6 Å². The zero-order valence-corrected chi connectivity index (χ0v) is 14.6. The van der Waals surface area contributed by atoms with Gasteiger partial charge in [0.25, 0.3) is 0 Å². The molecule has 0 saturated heterocycles. The molecule has 1 aromatic heterocycles. The Morgan fingerprint density at radius 1 is 1.32 bits per heavy atom. The Hall–Kier alpha value is -1.52. The highest BCUT2D eigenvalue weighted by Crippen LogP contribution is 2.26. The van der Waals surface area contributed by atoms with Crippen molar-refractivity contribution < 1.29 is 4.79 Å². The van der Waals surface area contributed by atoms with Crippen LogP contribution in [0.4, 0.5) is 4.79 Å². The summed E-state index contributed by atoms with van der Waals surface area (Å²) in [5.41, 5.74) is 3.49. The lowest BCUT2D eigenvalue weighted by Gasteiger charge is -2.33. The molecule has 2 amide bonds. The second kappa shape index (κ2) is 7.16. The van der Waals surface area contributed by atoms with Gasteiger partial charge >= 0.3 is 6.03 Å². The third-order valence-electron chi connectivity index (χ3n) is 5.16. The Labute approximate surface area is 134 Å². The van der Waals surface area contributed by atoms with Crippen LogP contribution < -0.4 is 5.32 Å². The Morgan fingerprint density at radius 2 is 1.95 bits per heavy atom. The molecule has 22 heavy (non-hydrogen) atoms. The number of carbonyl (C=O) groups is 1. The average Bonchev–Trinajstić information content (AvgIpc) is 2.73. The largest absolute Gasteiger partial charge is 0.338 e. The molecule has 0 bridgehead atoms. The predicted molar refractivity (Wildman–Crippen MR) is 89.0 cm³/mol. The molecule has 1 heterocycles. The summed E-state index contributed by atoms with van der Waals surface area (Å²) in [5.74, 6) is 0.809. The van der Waals surface area contributed by atoms with Gasteiger partial charge in [0.2, 0.25) is 0 Å². The fourth-order valence-electron chi connectivity index (χ4n) is 3.39. The minimum Gasteiger partial charge on any atom is -0.338 e. The molecule has 1 aromatic rings. The van der Waals surface area contributed by atoms with Crippen LogP contribution in [-0.4, -0.2) is 40.3 Å². The average molecular weight is 306 g/mol. The van der Waals surface area contributed by atoms with E-state index in [0.717, 1.165) is 30.9 Å². The van der Waals surface area contributed by atoms with Crippen LogP contribution >= 0.6 is 0 Å². The van der Waals surface area contributed by atoms with E-state index in [4.69, 9.17) is 0 Å². The summed E-state index contributed by atoms with van der Waals surface area (Å²) in [5, 5.41) is 7.47. The van der Waals surface area contributed by atoms with Crippen molar-refractivity contribution in [1.82, 2.24) is 20.0 Å². The van der Waals surface area contributed by atoms with Crippen molar-refractivity contribution in [3.8, 4) is 0 Å². The van der Waals surface area contributed by atoms with E-state index in [2.05, 4.69) is 24.3 Å². The highest BCUT2D eigenvalue weighted by molar-refractivity contribution is 5.74. The first-order valence-corrected chi connectivity index (χ1v) is 8.40. The van der Waals surface area contributed by atoms with Gasteiger partial charge in [0.05, 0.1) is 5.69 Å². The zero-order valence-electron chi connectivity index (χ0n) is 14.6. The smallest absolute Gasteiger partial charge is 0.317 e. The molecule has 0 aliphatic heterocycles. The lowest BCUT2D eigenvalue weighted by Crippen LogP contribution is -2.45. The van der Waals surface area contributed by atoms with Gasteiger partial charge in [-0.05, 0) is 57.4 Å². The van der Waals surface area contributed by atoms with E-state index in [9.17, 15) is 4.79 Å². The summed E-state index contributed by atoms with van der Waals surface area (Å²) in [6.07, 6.45) is 5.57. The minimum atomic E-state index is 0.0544. The molecule has 2 rings (SSSR count). The number of amides is 2. The zero-order chi connectivity index (χ0) is 16.3. The summed E-state index contributed by atoms with van der Waals surface area (Å²) in [6, 6.07) is 0.455. The van der Waals surface area contributed by atoms with Gasteiger partial charge < -0.3 is 10.2 Å². The van der Waals surface area contributed by atoms with Crippen molar-refractivity contribution in [2.24, 2.45) is 13.0 Å².